The molecule has 0 aliphatic carbocycles. The zero-order valence-electron chi connectivity index (χ0n) is 19.9. The fourth-order valence-corrected chi connectivity index (χ4v) is 4.48. The number of ether oxygens (including phenoxy) is 2. The second-order valence-electron chi connectivity index (χ2n) is 8.83. The molecule has 1 saturated heterocycles. The summed E-state index contributed by atoms with van der Waals surface area (Å²) < 4.78 is 85.2. The molecule has 0 spiro atoms. The van der Waals surface area contributed by atoms with Crippen molar-refractivity contribution in [2.75, 3.05) is 13.2 Å². The molecule has 7 heteroatoms. The number of rotatable bonds is 8. The molecule has 36 heavy (non-hydrogen) atoms. The molecule has 2 nitrogen and oxygen atoms in total. The first-order valence-electron chi connectivity index (χ1n) is 12.0. The highest BCUT2D eigenvalue weighted by molar-refractivity contribution is 5.73. The third-order valence-electron chi connectivity index (χ3n) is 6.55. The Hall–Kier alpha value is -3.19. The maximum Gasteiger partial charge on any atom is 0.167 e. The summed E-state index contributed by atoms with van der Waals surface area (Å²) >= 11 is 0. The highest BCUT2D eigenvalue weighted by Crippen LogP contribution is 2.36. The molecule has 3 aromatic carbocycles. The molecule has 1 aliphatic rings. The Labute approximate surface area is 207 Å². The molecule has 1 heterocycles. The van der Waals surface area contributed by atoms with Gasteiger partial charge in [0.15, 0.2) is 23.3 Å². The lowest BCUT2D eigenvalue weighted by Gasteiger charge is -2.27. The topological polar surface area (TPSA) is 18.5 Å². The first-order chi connectivity index (χ1) is 17.3. The molecule has 4 rings (SSSR count). The van der Waals surface area contributed by atoms with E-state index in [0.29, 0.717) is 25.6 Å². The fourth-order valence-electron chi connectivity index (χ4n) is 4.48. The molecular weight excluding hydrogens is 475 g/mol. The van der Waals surface area contributed by atoms with Crippen molar-refractivity contribution in [2.24, 2.45) is 5.92 Å². The minimum Gasteiger partial charge on any atom is -0.494 e. The Kier molecular flexibility index (Phi) is 8.09. The second-order valence-corrected chi connectivity index (χ2v) is 8.83. The Morgan fingerprint density at radius 3 is 2.06 bits per heavy atom. The van der Waals surface area contributed by atoms with Gasteiger partial charge in [0.1, 0.15) is 11.6 Å². The van der Waals surface area contributed by atoms with Gasteiger partial charge in [0.25, 0.3) is 0 Å². The van der Waals surface area contributed by atoms with Gasteiger partial charge in [-0.1, -0.05) is 30.3 Å². The molecule has 0 aromatic heterocycles. The fraction of sp³-hybridized carbons (Fsp3) is 0.310. The molecule has 2 atom stereocenters. The van der Waals surface area contributed by atoms with Crippen LogP contribution in [-0.2, 0) is 11.2 Å². The monoisotopic (exact) mass is 502 g/mol. The van der Waals surface area contributed by atoms with Crippen molar-refractivity contribution < 1.29 is 31.4 Å². The average molecular weight is 503 g/mol. The molecule has 1 fully saturated rings. The lowest BCUT2D eigenvalue weighted by molar-refractivity contribution is -0.00789. The van der Waals surface area contributed by atoms with Crippen LogP contribution < -0.4 is 4.74 Å². The van der Waals surface area contributed by atoms with Gasteiger partial charge in [-0.3, -0.25) is 0 Å². The summed E-state index contributed by atoms with van der Waals surface area (Å²) in [7, 11) is 0. The predicted molar refractivity (Wildman–Crippen MR) is 129 cm³/mol. The zero-order valence-corrected chi connectivity index (χ0v) is 19.9. The van der Waals surface area contributed by atoms with Gasteiger partial charge in [-0.2, -0.15) is 0 Å². The van der Waals surface area contributed by atoms with Crippen LogP contribution in [-0.4, -0.2) is 19.3 Å². The van der Waals surface area contributed by atoms with Crippen LogP contribution in [0.1, 0.15) is 31.7 Å². The second kappa shape index (κ2) is 11.2. The molecule has 0 radical (unpaired) electrons. The molecule has 0 amide bonds. The van der Waals surface area contributed by atoms with E-state index in [4.69, 9.17) is 9.47 Å². The average Bonchev–Trinajstić information content (AvgIpc) is 2.88. The summed E-state index contributed by atoms with van der Waals surface area (Å²) in [6.45, 7) is 6.38. The molecule has 2 unspecified atom stereocenters. The molecule has 0 saturated carbocycles. The van der Waals surface area contributed by atoms with Gasteiger partial charge in [-0.05, 0) is 50.3 Å². The molecular formula is C29H27F5O2. The predicted octanol–water partition coefficient (Wildman–Crippen LogP) is 8.03. The zero-order chi connectivity index (χ0) is 25.8. The largest absolute Gasteiger partial charge is 0.494 e. The lowest BCUT2D eigenvalue weighted by Crippen LogP contribution is -2.25. The summed E-state index contributed by atoms with van der Waals surface area (Å²) in [6.07, 6.45) is 4.32. The van der Waals surface area contributed by atoms with E-state index in [-0.39, 0.29) is 35.0 Å². The van der Waals surface area contributed by atoms with Crippen molar-refractivity contribution in [1.82, 2.24) is 0 Å². The highest BCUT2D eigenvalue weighted by atomic mass is 19.2. The van der Waals surface area contributed by atoms with Gasteiger partial charge >= 0.3 is 0 Å². The number of aryl methyl sites for hydroxylation is 1. The standard InChI is InChI=1S/C29H27F5O2/c1-3-17-5-8-19(36-16-17)9-6-18-7-11-23(27(32)26(18)31)24-14-13-22(28(33)29(24)34)21-12-10-20(35-4-2)15-25(21)30/h3,7,10-15,17,19H,1,4-6,8-9,16H2,2H3. The van der Waals surface area contributed by atoms with E-state index in [1.165, 1.54) is 24.3 Å². The van der Waals surface area contributed by atoms with E-state index in [9.17, 15) is 22.0 Å². The van der Waals surface area contributed by atoms with E-state index < -0.39 is 40.2 Å². The maximum atomic E-state index is 15.0. The van der Waals surface area contributed by atoms with Crippen molar-refractivity contribution in [3.8, 4) is 28.0 Å². The van der Waals surface area contributed by atoms with Gasteiger partial charge < -0.3 is 9.47 Å². The van der Waals surface area contributed by atoms with Gasteiger partial charge in [0.2, 0.25) is 0 Å². The molecule has 0 bridgehead atoms. The molecule has 3 aromatic rings. The van der Waals surface area contributed by atoms with Crippen LogP contribution in [0.15, 0.2) is 55.1 Å². The van der Waals surface area contributed by atoms with Crippen molar-refractivity contribution in [3.63, 3.8) is 0 Å². The summed E-state index contributed by atoms with van der Waals surface area (Å²) in [5, 5.41) is 0. The van der Waals surface area contributed by atoms with Crippen LogP contribution in [0, 0.1) is 35.0 Å². The third-order valence-corrected chi connectivity index (χ3v) is 6.55. The lowest BCUT2D eigenvalue weighted by atomic mass is 9.94. The van der Waals surface area contributed by atoms with Crippen molar-refractivity contribution >= 4 is 0 Å². The van der Waals surface area contributed by atoms with E-state index in [0.717, 1.165) is 31.0 Å². The quantitative estimate of drug-likeness (QED) is 0.229. The summed E-state index contributed by atoms with van der Waals surface area (Å²) in [5.41, 5.74) is -1.22. The number of hydrogen-bond donors (Lipinski definition) is 0. The van der Waals surface area contributed by atoms with Crippen LogP contribution in [0.4, 0.5) is 22.0 Å². The number of halogens is 5. The normalized spacial score (nSPS) is 17.7. The molecule has 190 valence electrons. The minimum atomic E-state index is -1.39. The smallest absolute Gasteiger partial charge is 0.167 e. The van der Waals surface area contributed by atoms with Crippen LogP contribution in [0.5, 0.6) is 5.75 Å². The first kappa shape index (κ1) is 25.9. The first-order valence-corrected chi connectivity index (χ1v) is 12.0. The van der Waals surface area contributed by atoms with E-state index in [1.807, 2.05) is 6.08 Å². The minimum absolute atomic E-state index is 0.0505. The Morgan fingerprint density at radius 1 is 0.861 bits per heavy atom. The van der Waals surface area contributed by atoms with Crippen molar-refractivity contribution in [1.29, 1.82) is 0 Å². The SMILES string of the molecule is C=CC1CCC(CCc2ccc(-c3ccc(-c4ccc(OCC)cc4F)c(F)c3F)c(F)c2F)OC1. The van der Waals surface area contributed by atoms with E-state index in [2.05, 4.69) is 6.58 Å². The summed E-state index contributed by atoms with van der Waals surface area (Å²) in [4.78, 5) is 0. The molecule has 1 aliphatic heterocycles. The Morgan fingerprint density at radius 2 is 1.47 bits per heavy atom. The van der Waals surface area contributed by atoms with Gasteiger partial charge in [0.05, 0.1) is 19.3 Å². The Bertz CT molecular complexity index is 1250. The van der Waals surface area contributed by atoms with Gasteiger partial charge in [0, 0.05) is 34.2 Å². The van der Waals surface area contributed by atoms with Gasteiger partial charge in [-0.25, -0.2) is 22.0 Å². The Balaban J connectivity index is 1.56. The van der Waals surface area contributed by atoms with Crippen LogP contribution in [0.25, 0.3) is 22.3 Å². The van der Waals surface area contributed by atoms with Crippen LogP contribution in [0.3, 0.4) is 0 Å². The maximum absolute atomic E-state index is 15.0. The van der Waals surface area contributed by atoms with E-state index in [1.54, 1.807) is 6.92 Å². The van der Waals surface area contributed by atoms with Crippen molar-refractivity contribution in [3.05, 3.63) is 89.8 Å². The number of benzene rings is 3. The number of hydrogen-bond acceptors (Lipinski definition) is 2. The summed E-state index contributed by atoms with van der Waals surface area (Å²) in [6, 6.07) is 8.67. The summed E-state index contributed by atoms with van der Waals surface area (Å²) in [5.74, 6) is -5.34. The van der Waals surface area contributed by atoms with Gasteiger partial charge in [-0.15, -0.1) is 6.58 Å². The van der Waals surface area contributed by atoms with Crippen LogP contribution in [0.2, 0.25) is 0 Å². The van der Waals surface area contributed by atoms with Crippen LogP contribution >= 0.6 is 0 Å². The van der Waals surface area contributed by atoms with Crippen molar-refractivity contribution in [2.45, 2.75) is 38.7 Å². The molecule has 0 N–H and O–H groups in total. The van der Waals surface area contributed by atoms with E-state index >= 15 is 0 Å². The highest BCUT2D eigenvalue weighted by Gasteiger charge is 2.24. The third kappa shape index (κ3) is 5.31.